The number of hydrogen-bond acceptors (Lipinski definition) is 4. The molecule has 3 N–H and O–H groups in total. The zero-order chi connectivity index (χ0) is 16.4. The van der Waals surface area contributed by atoms with E-state index in [1.54, 1.807) is 36.4 Å². The SMILES string of the molecule is O=c1c2ccccc2nc2n1CC(O)c1c-2[nH]c2ccc(O)cc12. The van der Waals surface area contributed by atoms with Crippen LogP contribution in [0.2, 0.25) is 0 Å². The number of hydrogen-bond donors (Lipinski definition) is 3. The smallest absolute Gasteiger partial charge is 0.261 e. The molecule has 1 atom stereocenters. The molecule has 5 rings (SSSR count). The van der Waals surface area contributed by atoms with Crippen molar-refractivity contribution in [3.05, 3.63) is 58.4 Å². The van der Waals surface area contributed by atoms with Crippen molar-refractivity contribution in [2.24, 2.45) is 0 Å². The summed E-state index contributed by atoms with van der Waals surface area (Å²) in [5.74, 6) is 0.639. The highest BCUT2D eigenvalue weighted by Crippen LogP contribution is 2.39. The number of nitrogens with one attached hydrogen (secondary N) is 1. The molecular formula is C18H13N3O3. The van der Waals surface area contributed by atoms with E-state index < -0.39 is 6.10 Å². The molecule has 0 fully saturated rings. The molecule has 0 spiro atoms. The van der Waals surface area contributed by atoms with Crippen molar-refractivity contribution in [1.29, 1.82) is 0 Å². The van der Waals surface area contributed by atoms with Gasteiger partial charge in [0.05, 0.1) is 29.2 Å². The van der Waals surface area contributed by atoms with E-state index in [0.29, 0.717) is 28.0 Å². The van der Waals surface area contributed by atoms with Gasteiger partial charge in [0.2, 0.25) is 0 Å². The number of benzene rings is 2. The lowest BCUT2D eigenvalue weighted by atomic mass is 10.0. The predicted molar refractivity (Wildman–Crippen MR) is 89.9 cm³/mol. The number of nitrogens with zero attached hydrogens (tertiary/aromatic N) is 2. The zero-order valence-corrected chi connectivity index (χ0v) is 12.5. The number of H-pyrrole nitrogens is 1. The summed E-state index contributed by atoms with van der Waals surface area (Å²) in [7, 11) is 0. The van der Waals surface area contributed by atoms with E-state index in [0.717, 1.165) is 10.9 Å². The number of phenolic OH excluding ortho intramolecular Hbond substituents is 1. The molecular weight excluding hydrogens is 306 g/mol. The fraction of sp³-hybridized carbons (Fsp3) is 0.111. The van der Waals surface area contributed by atoms with Gasteiger partial charge in [-0.25, -0.2) is 4.98 Å². The Morgan fingerprint density at radius 1 is 1.17 bits per heavy atom. The topological polar surface area (TPSA) is 91.1 Å². The fourth-order valence-electron chi connectivity index (χ4n) is 3.52. The minimum atomic E-state index is -0.844. The number of aliphatic hydroxyl groups is 1. The van der Waals surface area contributed by atoms with Gasteiger partial charge in [-0.2, -0.15) is 0 Å². The van der Waals surface area contributed by atoms with Crippen molar-refractivity contribution in [2.75, 3.05) is 0 Å². The second-order valence-electron chi connectivity index (χ2n) is 6.03. The molecule has 4 aromatic rings. The Morgan fingerprint density at radius 3 is 2.88 bits per heavy atom. The van der Waals surface area contributed by atoms with Gasteiger partial charge in [-0.3, -0.25) is 9.36 Å². The first-order valence-corrected chi connectivity index (χ1v) is 7.66. The average Bonchev–Trinajstić information content (AvgIpc) is 2.96. The molecule has 1 unspecified atom stereocenters. The van der Waals surface area contributed by atoms with Gasteiger partial charge in [-0.1, -0.05) is 12.1 Å². The van der Waals surface area contributed by atoms with Crippen LogP contribution in [0.5, 0.6) is 5.75 Å². The Morgan fingerprint density at radius 2 is 2.00 bits per heavy atom. The van der Waals surface area contributed by atoms with Crippen LogP contribution in [0.15, 0.2) is 47.3 Å². The van der Waals surface area contributed by atoms with Crippen LogP contribution in [-0.4, -0.2) is 24.7 Å². The van der Waals surface area contributed by atoms with Crippen LogP contribution >= 0.6 is 0 Å². The molecule has 0 radical (unpaired) electrons. The normalized spacial score (nSPS) is 16.3. The molecule has 2 aromatic heterocycles. The number of fused-ring (bicyclic) bond motifs is 6. The molecule has 0 aliphatic carbocycles. The van der Waals surface area contributed by atoms with Gasteiger partial charge in [-0.05, 0) is 30.3 Å². The van der Waals surface area contributed by atoms with Gasteiger partial charge in [0.15, 0.2) is 5.82 Å². The minimum absolute atomic E-state index is 0.130. The molecule has 0 amide bonds. The van der Waals surface area contributed by atoms with Crippen molar-refractivity contribution in [1.82, 2.24) is 14.5 Å². The van der Waals surface area contributed by atoms with Crippen LogP contribution in [0.4, 0.5) is 0 Å². The van der Waals surface area contributed by atoms with Crippen molar-refractivity contribution in [3.63, 3.8) is 0 Å². The highest BCUT2D eigenvalue weighted by Gasteiger charge is 2.29. The molecule has 6 heteroatoms. The summed E-state index contributed by atoms with van der Waals surface area (Å²) in [5.41, 5.74) is 2.53. The molecule has 2 aromatic carbocycles. The van der Waals surface area contributed by atoms with Gasteiger partial charge >= 0.3 is 0 Å². The highest BCUT2D eigenvalue weighted by atomic mass is 16.3. The van der Waals surface area contributed by atoms with Crippen LogP contribution in [0.3, 0.4) is 0 Å². The Hall–Kier alpha value is -3.12. The first kappa shape index (κ1) is 13.3. The number of aliphatic hydroxyl groups excluding tert-OH is 1. The maximum atomic E-state index is 12.8. The van der Waals surface area contributed by atoms with Gasteiger partial charge in [-0.15, -0.1) is 0 Å². The molecule has 3 heterocycles. The summed E-state index contributed by atoms with van der Waals surface area (Å²) in [6, 6.07) is 12.1. The zero-order valence-electron chi connectivity index (χ0n) is 12.5. The predicted octanol–water partition coefficient (Wildman–Crippen LogP) is 2.30. The summed E-state index contributed by atoms with van der Waals surface area (Å²) in [5, 5.41) is 21.6. The summed E-state index contributed by atoms with van der Waals surface area (Å²) in [6.07, 6.45) is -0.844. The van der Waals surface area contributed by atoms with Crippen molar-refractivity contribution in [3.8, 4) is 17.3 Å². The van der Waals surface area contributed by atoms with E-state index in [2.05, 4.69) is 9.97 Å². The van der Waals surface area contributed by atoms with Crippen molar-refractivity contribution >= 4 is 21.8 Å². The van der Waals surface area contributed by atoms with Gasteiger partial charge in [0.25, 0.3) is 5.56 Å². The van der Waals surface area contributed by atoms with Crippen LogP contribution < -0.4 is 5.56 Å². The van der Waals surface area contributed by atoms with Crippen LogP contribution in [-0.2, 0) is 6.54 Å². The lowest BCUT2D eigenvalue weighted by Crippen LogP contribution is -2.29. The van der Waals surface area contributed by atoms with Gasteiger partial charge in [0.1, 0.15) is 5.75 Å². The lowest BCUT2D eigenvalue weighted by molar-refractivity contribution is 0.153. The Kier molecular flexibility index (Phi) is 2.47. The first-order valence-electron chi connectivity index (χ1n) is 7.66. The second kappa shape index (κ2) is 4.46. The van der Waals surface area contributed by atoms with Crippen LogP contribution in [0, 0.1) is 0 Å². The Labute approximate surface area is 135 Å². The Balaban J connectivity index is 1.93. The molecule has 24 heavy (non-hydrogen) atoms. The highest BCUT2D eigenvalue weighted by molar-refractivity contribution is 5.92. The lowest BCUT2D eigenvalue weighted by Gasteiger charge is -2.23. The van der Waals surface area contributed by atoms with Crippen molar-refractivity contribution in [2.45, 2.75) is 12.6 Å². The summed E-state index contributed by atoms with van der Waals surface area (Å²) in [6.45, 7) is 0.140. The molecule has 0 bridgehead atoms. The third kappa shape index (κ3) is 1.63. The monoisotopic (exact) mass is 319 g/mol. The Bertz CT molecular complexity index is 1190. The second-order valence-corrected chi connectivity index (χ2v) is 6.03. The minimum Gasteiger partial charge on any atom is -0.508 e. The quantitative estimate of drug-likeness (QED) is 0.464. The summed E-state index contributed by atoms with van der Waals surface area (Å²) < 4.78 is 1.50. The van der Waals surface area contributed by atoms with Gasteiger partial charge < -0.3 is 15.2 Å². The average molecular weight is 319 g/mol. The fourth-order valence-corrected chi connectivity index (χ4v) is 3.52. The van der Waals surface area contributed by atoms with E-state index in [1.807, 2.05) is 6.07 Å². The molecule has 0 saturated heterocycles. The van der Waals surface area contributed by atoms with E-state index in [4.69, 9.17) is 0 Å². The van der Waals surface area contributed by atoms with Crippen LogP contribution in [0.25, 0.3) is 33.3 Å². The van der Waals surface area contributed by atoms with E-state index in [-0.39, 0.29) is 17.9 Å². The van der Waals surface area contributed by atoms with E-state index in [9.17, 15) is 15.0 Å². The van der Waals surface area contributed by atoms with E-state index >= 15 is 0 Å². The first-order chi connectivity index (χ1) is 11.6. The number of para-hydroxylation sites is 1. The maximum absolute atomic E-state index is 12.8. The standard InChI is InChI=1S/C18H13N3O3/c22-9-5-6-13-11(7-9)15-14(23)8-21-17(16(15)19-13)20-12-4-2-1-3-10(12)18(21)24/h1-7,14,19,22-23H,8H2. The largest absolute Gasteiger partial charge is 0.508 e. The molecule has 118 valence electrons. The van der Waals surface area contributed by atoms with E-state index in [1.165, 1.54) is 4.57 Å². The summed E-state index contributed by atoms with van der Waals surface area (Å²) in [4.78, 5) is 20.6. The number of rotatable bonds is 0. The molecule has 6 nitrogen and oxygen atoms in total. The maximum Gasteiger partial charge on any atom is 0.261 e. The van der Waals surface area contributed by atoms with Crippen molar-refractivity contribution < 1.29 is 10.2 Å². The van der Waals surface area contributed by atoms with Crippen LogP contribution in [0.1, 0.15) is 11.7 Å². The number of aromatic amines is 1. The molecule has 1 aliphatic heterocycles. The molecule has 0 saturated carbocycles. The molecule has 1 aliphatic rings. The van der Waals surface area contributed by atoms with Gasteiger partial charge in [0, 0.05) is 16.5 Å². The summed E-state index contributed by atoms with van der Waals surface area (Å²) >= 11 is 0. The third-order valence-corrected chi connectivity index (χ3v) is 4.60. The number of aromatic nitrogens is 3. The number of phenols is 1. The third-order valence-electron chi connectivity index (χ3n) is 4.60. The number of aromatic hydroxyl groups is 1.